The average Bonchev–Trinajstić information content (AvgIpc) is 3.41. The van der Waals surface area contributed by atoms with Gasteiger partial charge in [0.25, 0.3) is 11.8 Å². The number of aryl methyl sites for hydroxylation is 1. The van der Waals surface area contributed by atoms with Gasteiger partial charge in [0.15, 0.2) is 11.6 Å². The number of hydrogen-bond acceptors (Lipinski definition) is 6. The largest absolute Gasteiger partial charge is 0.494 e. The summed E-state index contributed by atoms with van der Waals surface area (Å²) in [4.78, 5) is 38.8. The Balaban J connectivity index is 1.36. The zero-order chi connectivity index (χ0) is 25.1. The first kappa shape index (κ1) is 24.6. The summed E-state index contributed by atoms with van der Waals surface area (Å²) in [7, 11) is 1.40. The number of benzene rings is 2. The molecule has 3 aromatic rings. The van der Waals surface area contributed by atoms with Crippen molar-refractivity contribution < 1.29 is 33.7 Å². The Bertz CT molecular complexity index is 1240. The monoisotopic (exact) mass is 497 g/mol. The van der Waals surface area contributed by atoms with Gasteiger partial charge >= 0.3 is 5.97 Å². The third-order valence-electron chi connectivity index (χ3n) is 6.15. The molecule has 7 nitrogen and oxygen atoms in total. The Hall–Kier alpha value is -3.56. The van der Waals surface area contributed by atoms with Crippen LogP contribution >= 0.6 is 11.3 Å². The van der Waals surface area contributed by atoms with Gasteiger partial charge in [-0.25, -0.2) is 4.39 Å². The van der Waals surface area contributed by atoms with Crippen molar-refractivity contribution in [3.63, 3.8) is 0 Å². The number of aliphatic hydroxyl groups is 1. The molecule has 0 fully saturated rings. The molecule has 2 amide bonds. The van der Waals surface area contributed by atoms with Gasteiger partial charge in [0.2, 0.25) is 0 Å². The van der Waals surface area contributed by atoms with Gasteiger partial charge in [-0.05, 0) is 66.1 Å². The van der Waals surface area contributed by atoms with Crippen LogP contribution in [0.5, 0.6) is 5.75 Å². The van der Waals surface area contributed by atoms with Crippen molar-refractivity contribution in [2.75, 3.05) is 13.7 Å². The number of imide groups is 1. The van der Waals surface area contributed by atoms with Crippen molar-refractivity contribution in [3.05, 3.63) is 75.7 Å². The van der Waals surface area contributed by atoms with Crippen LogP contribution in [0.2, 0.25) is 0 Å². The van der Waals surface area contributed by atoms with Crippen molar-refractivity contribution in [2.24, 2.45) is 5.92 Å². The van der Waals surface area contributed by atoms with Gasteiger partial charge in [-0.15, -0.1) is 11.3 Å². The third-order valence-corrected chi connectivity index (χ3v) is 7.15. The molecule has 2 N–H and O–H groups in total. The maximum Gasteiger partial charge on any atom is 0.309 e. The number of aliphatic carboxylic acids is 1. The van der Waals surface area contributed by atoms with Crippen LogP contribution in [0.1, 0.15) is 38.4 Å². The second kappa shape index (κ2) is 10.4. The number of fused-ring (bicyclic) bond motifs is 1. The second-order valence-corrected chi connectivity index (χ2v) is 9.29. The van der Waals surface area contributed by atoms with E-state index in [0.717, 1.165) is 15.3 Å². The van der Waals surface area contributed by atoms with Crippen molar-refractivity contribution >= 4 is 29.1 Å². The molecular weight excluding hydrogens is 473 g/mol. The van der Waals surface area contributed by atoms with E-state index in [1.54, 1.807) is 36.4 Å². The van der Waals surface area contributed by atoms with E-state index in [9.17, 15) is 29.0 Å². The summed E-state index contributed by atoms with van der Waals surface area (Å²) in [5, 5.41) is 22.1. The number of hydrogen-bond donors (Lipinski definition) is 2. The van der Waals surface area contributed by atoms with Gasteiger partial charge in [0.05, 0.1) is 30.3 Å². The van der Waals surface area contributed by atoms with E-state index in [2.05, 4.69) is 0 Å². The fraction of sp³-hybridized carbons (Fsp3) is 0.269. The van der Waals surface area contributed by atoms with Gasteiger partial charge in [-0.1, -0.05) is 18.2 Å². The highest BCUT2D eigenvalue weighted by molar-refractivity contribution is 7.10. The quantitative estimate of drug-likeness (QED) is 0.406. The lowest BCUT2D eigenvalue weighted by atomic mass is 9.94. The van der Waals surface area contributed by atoms with Crippen LogP contribution < -0.4 is 4.74 Å². The molecule has 1 aliphatic heterocycles. The Morgan fingerprint density at radius 3 is 2.34 bits per heavy atom. The summed E-state index contributed by atoms with van der Waals surface area (Å²) in [5.74, 6) is -3.52. The number of amides is 2. The van der Waals surface area contributed by atoms with Gasteiger partial charge in [0.1, 0.15) is 0 Å². The number of carbonyl (C=O) groups is 3. The number of carbonyl (C=O) groups excluding carboxylic acids is 2. The minimum atomic E-state index is -1.19. The van der Waals surface area contributed by atoms with E-state index in [4.69, 9.17) is 4.74 Å². The molecule has 0 saturated heterocycles. The number of aliphatic hydroxyl groups excluding tert-OH is 1. The molecule has 35 heavy (non-hydrogen) atoms. The molecule has 2 aromatic carbocycles. The number of halogens is 1. The van der Waals surface area contributed by atoms with E-state index in [-0.39, 0.29) is 25.1 Å². The maximum atomic E-state index is 14.0. The standard InChI is InChI=1S/C26H24FNO6S/c1-34-23-9-6-15(13-21(23)27)16-12-17(35-14-16)7-8-22(29)20(26(32)33)10-11-28-24(30)18-4-2-3-5-19(18)25(28)31/h2-6,9,12-14,20,22,29H,7-8,10-11H2,1H3,(H,32,33). The van der Waals surface area contributed by atoms with Gasteiger partial charge in [0, 0.05) is 11.4 Å². The lowest BCUT2D eigenvalue weighted by molar-refractivity contribution is -0.146. The van der Waals surface area contributed by atoms with Crippen LogP contribution in [-0.2, 0) is 11.2 Å². The molecule has 2 unspecified atom stereocenters. The van der Waals surface area contributed by atoms with E-state index in [1.807, 2.05) is 11.4 Å². The van der Waals surface area contributed by atoms with Crippen LogP contribution in [0.15, 0.2) is 53.9 Å². The summed E-state index contributed by atoms with van der Waals surface area (Å²) in [6.07, 6.45) is -0.591. The molecule has 2 atom stereocenters. The predicted octanol–water partition coefficient (Wildman–Crippen LogP) is 4.24. The molecule has 4 rings (SSSR count). The minimum Gasteiger partial charge on any atom is -0.494 e. The Labute approximate surface area is 205 Å². The molecule has 2 heterocycles. The number of methoxy groups -OCH3 is 1. The van der Waals surface area contributed by atoms with Crippen molar-refractivity contribution in [3.8, 4) is 16.9 Å². The third kappa shape index (κ3) is 5.11. The minimum absolute atomic E-state index is 0.0528. The van der Waals surface area contributed by atoms with Crippen LogP contribution in [0.25, 0.3) is 11.1 Å². The highest BCUT2D eigenvalue weighted by Crippen LogP contribution is 2.30. The zero-order valence-electron chi connectivity index (χ0n) is 18.9. The number of nitrogens with zero attached hydrogens (tertiary/aromatic N) is 1. The molecule has 1 aliphatic rings. The summed E-state index contributed by atoms with van der Waals surface area (Å²) in [5.41, 5.74) is 2.11. The SMILES string of the molecule is COc1ccc(-c2csc(CCC(O)C(CCN3C(=O)c4ccccc4C3=O)C(=O)O)c2)cc1F. The first-order valence-electron chi connectivity index (χ1n) is 11.1. The normalized spacial score (nSPS) is 14.7. The van der Waals surface area contributed by atoms with Gasteiger partial charge < -0.3 is 14.9 Å². The smallest absolute Gasteiger partial charge is 0.309 e. The molecule has 1 aromatic heterocycles. The predicted molar refractivity (Wildman–Crippen MR) is 128 cm³/mol. The van der Waals surface area contributed by atoms with Gasteiger partial charge in [-0.2, -0.15) is 0 Å². The number of carboxylic acid groups (broad SMARTS) is 1. The Morgan fingerprint density at radius 1 is 1.06 bits per heavy atom. The molecule has 182 valence electrons. The summed E-state index contributed by atoms with van der Waals surface area (Å²) >= 11 is 1.44. The second-order valence-electron chi connectivity index (χ2n) is 8.30. The summed E-state index contributed by atoms with van der Waals surface area (Å²) in [6, 6.07) is 13.0. The van der Waals surface area contributed by atoms with Crippen LogP contribution in [0.3, 0.4) is 0 Å². The van der Waals surface area contributed by atoms with E-state index in [0.29, 0.717) is 23.1 Å². The summed E-state index contributed by atoms with van der Waals surface area (Å²) < 4.78 is 19.0. The fourth-order valence-electron chi connectivity index (χ4n) is 4.19. The van der Waals surface area contributed by atoms with Crippen molar-refractivity contribution in [1.82, 2.24) is 4.90 Å². The topological polar surface area (TPSA) is 104 Å². The fourth-order valence-corrected chi connectivity index (χ4v) is 5.10. The van der Waals surface area contributed by atoms with E-state index < -0.39 is 35.6 Å². The Morgan fingerprint density at radius 2 is 1.74 bits per heavy atom. The first-order valence-corrected chi connectivity index (χ1v) is 12.0. The number of rotatable bonds is 10. The van der Waals surface area contributed by atoms with Crippen LogP contribution in [-0.4, -0.2) is 52.7 Å². The molecule has 0 saturated carbocycles. The first-order chi connectivity index (χ1) is 16.8. The van der Waals surface area contributed by atoms with Crippen LogP contribution in [0.4, 0.5) is 4.39 Å². The molecule has 0 radical (unpaired) electrons. The molecule has 0 bridgehead atoms. The van der Waals surface area contributed by atoms with Crippen LogP contribution in [0, 0.1) is 11.7 Å². The number of ether oxygens (including phenoxy) is 1. The lowest BCUT2D eigenvalue weighted by Crippen LogP contribution is -2.36. The van der Waals surface area contributed by atoms with E-state index in [1.165, 1.54) is 24.5 Å². The Kier molecular flexibility index (Phi) is 7.28. The average molecular weight is 498 g/mol. The van der Waals surface area contributed by atoms with Gasteiger partial charge in [-0.3, -0.25) is 19.3 Å². The molecule has 0 aliphatic carbocycles. The highest BCUT2D eigenvalue weighted by Gasteiger charge is 2.36. The number of thiophene rings is 1. The molecule has 9 heteroatoms. The molecule has 0 spiro atoms. The van der Waals surface area contributed by atoms with Crippen molar-refractivity contribution in [1.29, 1.82) is 0 Å². The zero-order valence-corrected chi connectivity index (χ0v) is 19.8. The van der Waals surface area contributed by atoms with Crippen molar-refractivity contribution in [2.45, 2.75) is 25.4 Å². The highest BCUT2D eigenvalue weighted by atomic mass is 32.1. The number of carboxylic acids is 1. The maximum absolute atomic E-state index is 14.0. The van der Waals surface area contributed by atoms with E-state index >= 15 is 0 Å². The lowest BCUT2D eigenvalue weighted by Gasteiger charge is -2.21. The molecular formula is C26H24FNO6S. The summed E-state index contributed by atoms with van der Waals surface area (Å²) in [6.45, 7) is -0.0907.